The minimum Gasteiger partial charge on any atom is -0.487 e. The van der Waals surface area contributed by atoms with E-state index in [1.165, 1.54) is 5.57 Å². The molecule has 0 aliphatic rings. The molecule has 1 aromatic rings. The highest BCUT2D eigenvalue weighted by Gasteiger charge is 2.03. The van der Waals surface area contributed by atoms with Crippen LogP contribution >= 0.6 is 0 Å². The molecular formula is C12H15NO2. The Morgan fingerprint density at radius 2 is 2.20 bits per heavy atom. The Balaban J connectivity index is 2.76. The Labute approximate surface area is 89.8 Å². The topological polar surface area (TPSA) is 39.2 Å². The Kier molecular flexibility index (Phi) is 4.03. The lowest BCUT2D eigenvalue weighted by molar-refractivity contribution is 0.111. The minimum atomic E-state index is 0.358. The molecule has 0 unspecified atom stereocenters. The van der Waals surface area contributed by atoms with Gasteiger partial charge in [0, 0.05) is 5.69 Å². The van der Waals surface area contributed by atoms with Crippen LogP contribution in [0.1, 0.15) is 30.0 Å². The van der Waals surface area contributed by atoms with Gasteiger partial charge in [-0.2, -0.15) is 0 Å². The summed E-state index contributed by atoms with van der Waals surface area (Å²) < 4.78 is 5.42. The molecule has 0 radical (unpaired) electrons. The molecule has 3 heteroatoms. The smallest absolute Gasteiger partial charge is 0.172 e. The van der Waals surface area contributed by atoms with Crippen LogP contribution in [0.5, 0.6) is 5.75 Å². The van der Waals surface area contributed by atoms with Gasteiger partial charge in [0.1, 0.15) is 18.1 Å². The van der Waals surface area contributed by atoms with Crippen molar-refractivity contribution in [3.05, 3.63) is 35.2 Å². The summed E-state index contributed by atoms with van der Waals surface area (Å²) in [7, 11) is 0. The molecule has 0 saturated heterocycles. The molecule has 1 rings (SSSR count). The highest BCUT2D eigenvalue weighted by atomic mass is 16.5. The average molecular weight is 205 g/mol. The van der Waals surface area contributed by atoms with Crippen molar-refractivity contribution >= 4 is 6.29 Å². The molecular weight excluding hydrogens is 190 g/mol. The maximum Gasteiger partial charge on any atom is 0.172 e. The number of pyridine rings is 1. The number of hydrogen-bond acceptors (Lipinski definition) is 3. The fourth-order valence-corrected chi connectivity index (χ4v) is 1.07. The van der Waals surface area contributed by atoms with Crippen molar-refractivity contribution in [2.45, 2.75) is 20.8 Å². The summed E-state index contributed by atoms with van der Waals surface area (Å²) in [5, 5.41) is 0. The molecule has 1 aromatic heterocycles. The van der Waals surface area contributed by atoms with Gasteiger partial charge in [0.25, 0.3) is 0 Å². The summed E-state index contributed by atoms with van der Waals surface area (Å²) >= 11 is 0. The normalized spacial score (nSPS) is 9.53. The minimum absolute atomic E-state index is 0.358. The number of allylic oxidation sites excluding steroid dienone is 1. The third kappa shape index (κ3) is 3.54. The standard InChI is InChI=1S/C12H15NO2/c1-9(2)6-7-15-12-5-4-10(3)13-11(12)8-14/h4-6,8H,7H2,1-3H3. The fraction of sp³-hybridized carbons (Fsp3) is 0.333. The first kappa shape index (κ1) is 11.4. The van der Waals surface area contributed by atoms with E-state index in [2.05, 4.69) is 4.98 Å². The van der Waals surface area contributed by atoms with E-state index in [1.54, 1.807) is 6.07 Å². The van der Waals surface area contributed by atoms with Crippen molar-refractivity contribution in [1.29, 1.82) is 0 Å². The number of hydrogen-bond donors (Lipinski definition) is 0. The largest absolute Gasteiger partial charge is 0.487 e. The molecule has 0 N–H and O–H groups in total. The van der Waals surface area contributed by atoms with E-state index in [9.17, 15) is 4.79 Å². The molecule has 0 aliphatic carbocycles. The number of nitrogens with zero attached hydrogens (tertiary/aromatic N) is 1. The number of carbonyl (C=O) groups is 1. The molecule has 1 heterocycles. The van der Waals surface area contributed by atoms with E-state index in [0.29, 0.717) is 24.3 Å². The number of rotatable bonds is 4. The maximum atomic E-state index is 10.7. The van der Waals surface area contributed by atoms with Gasteiger partial charge in [0.05, 0.1) is 0 Å². The van der Waals surface area contributed by atoms with Crippen LogP contribution in [0.25, 0.3) is 0 Å². The van der Waals surface area contributed by atoms with Crippen LogP contribution in [0.3, 0.4) is 0 Å². The van der Waals surface area contributed by atoms with E-state index < -0.39 is 0 Å². The SMILES string of the molecule is CC(C)=CCOc1ccc(C)nc1C=O. The van der Waals surface area contributed by atoms with Gasteiger partial charge in [-0.25, -0.2) is 4.98 Å². The van der Waals surface area contributed by atoms with Crippen molar-refractivity contribution in [1.82, 2.24) is 4.98 Å². The number of aromatic nitrogens is 1. The molecule has 0 atom stereocenters. The van der Waals surface area contributed by atoms with Crippen molar-refractivity contribution in [2.24, 2.45) is 0 Å². The molecule has 0 bridgehead atoms. The number of aryl methyl sites for hydroxylation is 1. The van der Waals surface area contributed by atoms with Crippen LogP contribution in [0.15, 0.2) is 23.8 Å². The first-order valence-corrected chi connectivity index (χ1v) is 4.82. The van der Waals surface area contributed by atoms with Crippen molar-refractivity contribution in [3.8, 4) is 5.75 Å². The van der Waals surface area contributed by atoms with Crippen LogP contribution in [-0.2, 0) is 0 Å². The zero-order valence-corrected chi connectivity index (χ0v) is 9.28. The monoisotopic (exact) mass is 205 g/mol. The summed E-state index contributed by atoms with van der Waals surface area (Å²) in [6.07, 6.45) is 2.67. The quantitative estimate of drug-likeness (QED) is 0.560. The number of carbonyl (C=O) groups excluding carboxylic acids is 1. The molecule has 0 fully saturated rings. The highest BCUT2D eigenvalue weighted by Crippen LogP contribution is 2.14. The van der Waals surface area contributed by atoms with Gasteiger partial charge >= 0.3 is 0 Å². The average Bonchev–Trinajstić information content (AvgIpc) is 2.19. The lowest BCUT2D eigenvalue weighted by Crippen LogP contribution is -2.00. The van der Waals surface area contributed by atoms with Gasteiger partial charge in [0.15, 0.2) is 6.29 Å². The summed E-state index contributed by atoms with van der Waals surface area (Å²) in [4.78, 5) is 14.8. The van der Waals surface area contributed by atoms with Gasteiger partial charge in [-0.05, 0) is 39.0 Å². The molecule has 0 aliphatic heterocycles. The summed E-state index contributed by atoms with van der Waals surface area (Å²) in [6, 6.07) is 3.59. The predicted molar refractivity (Wildman–Crippen MR) is 59.3 cm³/mol. The second-order valence-electron chi connectivity index (χ2n) is 3.55. The van der Waals surface area contributed by atoms with Gasteiger partial charge in [-0.1, -0.05) is 5.57 Å². The maximum absolute atomic E-state index is 10.7. The summed E-state index contributed by atoms with van der Waals surface area (Å²) in [6.45, 7) is 6.30. The first-order valence-electron chi connectivity index (χ1n) is 4.82. The van der Waals surface area contributed by atoms with E-state index >= 15 is 0 Å². The van der Waals surface area contributed by atoms with Gasteiger partial charge in [-0.15, -0.1) is 0 Å². The molecule has 0 amide bonds. The Hall–Kier alpha value is -1.64. The predicted octanol–water partition coefficient (Wildman–Crippen LogP) is 2.55. The molecule has 0 aromatic carbocycles. The molecule has 15 heavy (non-hydrogen) atoms. The van der Waals surface area contributed by atoms with Gasteiger partial charge in [-0.3, -0.25) is 4.79 Å². The van der Waals surface area contributed by atoms with E-state index in [-0.39, 0.29) is 0 Å². The van der Waals surface area contributed by atoms with Crippen LogP contribution in [0.2, 0.25) is 0 Å². The fourth-order valence-electron chi connectivity index (χ4n) is 1.07. The molecule has 0 spiro atoms. The lowest BCUT2D eigenvalue weighted by atomic mass is 10.3. The number of ether oxygens (including phenoxy) is 1. The van der Waals surface area contributed by atoms with Crippen molar-refractivity contribution in [2.75, 3.05) is 6.61 Å². The zero-order chi connectivity index (χ0) is 11.3. The Morgan fingerprint density at radius 1 is 1.47 bits per heavy atom. The molecule has 3 nitrogen and oxygen atoms in total. The van der Waals surface area contributed by atoms with Crippen molar-refractivity contribution in [3.63, 3.8) is 0 Å². The third-order valence-corrected chi connectivity index (χ3v) is 1.87. The molecule has 0 saturated carbocycles. The van der Waals surface area contributed by atoms with Gasteiger partial charge < -0.3 is 4.74 Å². The van der Waals surface area contributed by atoms with Crippen LogP contribution < -0.4 is 4.74 Å². The van der Waals surface area contributed by atoms with Crippen LogP contribution in [-0.4, -0.2) is 17.9 Å². The third-order valence-electron chi connectivity index (χ3n) is 1.87. The summed E-state index contributed by atoms with van der Waals surface area (Å²) in [5.41, 5.74) is 2.35. The summed E-state index contributed by atoms with van der Waals surface area (Å²) in [5.74, 6) is 0.535. The first-order chi connectivity index (χ1) is 7.13. The van der Waals surface area contributed by atoms with Crippen molar-refractivity contribution < 1.29 is 9.53 Å². The Bertz CT molecular complexity index is 379. The zero-order valence-electron chi connectivity index (χ0n) is 9.28. The second-order valence-corrected chi connectivity index (χ2v) is 3.55. The van der Waals surface area contributed by atoms with Gasteiger partial charge in [0.2, 0.25) is 0 Å². The van der Waals surface area contributed by atoms with E-state index in [1.807, 2.05) is 32.9 Å². The number of aldehydes is 1. The molecule has 80 valence electrons. The van der Waals surface area contributed by atoms with Crippen LogP contribution in [0.4, 0.5) is 0 Å². The lowest BCUT2D eigenvalue weighted by Gasteiger charge is -2.06. The van der Waals surface area contributed by atoms with Crippen LogP contribution in [0, 0.1) is 6.92 Å². The van der Waals surface area contributed by atoms with E-state index in [0.717, 1.165) is 5.69 Å². The van der Waals surface area contributed by atoms with E-state index in [4.69, 9.17) is 4.74 Å². The second kappa shape index (κ2) is 5.29. The Morgan fingerprint density at radius 3 is 2.80 bits per heavy atom. The highest BCUT2D eigenvalue weighted by molar-refractivity contribution is 5.76.